The minimum Gasteiger partial charge on any atom is -0.385 e. The summed E-state index contributed by atoms with van der Waals surface area (Å²) in [6.45, 7) is 8.69. The molecule has 3 nitrogen and oxygen atoms in total. The molecule has 0 aromatic heterocycles. The summed E-state index contributed by atoms with van der Waals surface area (Å²) in [4.78, 5) is 12.5. The Morgan fingerprint density at radius 1 is 1.17 bits per heavy atom. The van der Waals surface area contributed by atoms with E-state index in [1.54, 1.807) is 0 Å². The maximum absolute atomic E-state index is 12.5. The molecular formula is C20H29NO2. The molecule has 3 heteroatoms. The SMILES string of the molecule is C=C1CC2C3CCC(=O)[C@@]3(C)CCC2[C@@]2(C)CCC(=N)C[C@]12O. The van der Waals surface area contributed by atoms with Crippen LogP contribution in [0, 0.1) is 34.0 Å². The molecule has 4 aliphatic carbocycles. The molecule has 4 saturated carbocycles. The Kier molecular flexibility index (Phi) is 3.09. The molecule has 4 fully saturated rings. The van der Waals surface area contributed by atoms with Gasteiger partial charge in [-0.1, -0.05) is 20.4 Å². The number of aliphatic hydroxyl groups is 1. The van der Waals surface area contributed by atoms with E-state index in [1.165, 1.54) is 0 Å². The highest BCUT2D eigenvalue weighted by Gasteiger charge is 2.65. The standard InChI is InChI=1S/C20H29NO2/c1-12-10-14-15-4-5-17(22)18(15,2)8-7-16(14)19(3)9-6-13(21)11-20(12,19)23/h14-16,21,23H,1,4-11H2,2-3H3/t14?,15?,16?,18-,19+,20-/m0/s1. The van der Waals surface area contributed by atoms with Gasteiger partial charge in [0.15, 0.2) is 0 Å². The van der Waals surface area contributed by atoms with Gasteiger partial charge in [-0.2, -0.15) is 0 Å². The Bertz CT molecular complexity index is 611. The van der Waals surface area contributed by atoms with E-state index in [4.69, 9.17) is 5.41 Å². The molecule has 6 atom stereocenters. The van der Waals surface area contributed by atoms with Crippen LogP contribution in [0.25, 0.3) is 0 Å². The molecular weight excluding hydrogens is 286 g/mol. The maximum atomic E-state index is 12.5. The fourth-order valence-electron chi connectivity index (χ4n) is 6.83. The first-order valence-electron chi connectivity index (χ1n) is 9.22. The fraction of sp³-hybridized carbons (Fsp3) is 0.800. The molecule has 4 rings (SSSR count). The Balaban J connectivity index is 1.75. The Morgan fingerprint density at radius 2 is 1.91 bits per heavy atom. The molecule has 0 aromatic carbocycles. The molecule has 2 N–H and O–H groups in total. The molecule has 0 radical (unpaired) electrons. The minimum absolute atomic E-state index is 0.130. The number of rotatable bonds is 0. The molecule has 23 heavy (non-hydrogen) atoms. The van der Waals surface area contributed by atoms with Gasteiger partial charge in [-0.05, 0) is 61.9 Å². The van der Waals surface area contributed by atoms with Crippen molar-refractivity contribution >= 4 is 11.5 Å². The van der Waals surface area contributed by atoms with Gasteiger partial charge in [0.1, 0.15) is 5.78 Å². The lowest BCUT2D eigenvalue weighted by molar-refractivity contribution is -0.161. The molecule has 0 amide bonds. The average Bonchev–Trinajstić information content (AvgIpc) is 2.79. The third-order valence-electron chi connectivity index (χ3n) is 8.39. The molecule has 0 saturated heterocycles. The van der Waals surface area contributed by atoms with Crippen LogP contribution >= 0.6 is 0 Å². The lowest BCUT2D eigenvalue weighted by Crippen LogP contribution is -2.63. The van der Waals surface area contributed by atoms with Crippen LogP contribution in [0.5, 0.6) is 0 Å². The van der Waals surface area contributed by atoms with Crippen LogP contribution < -0.4 is 0 Å². The van der Waals surface area contributed by atoms with E-state index in [1.807, 2.05) is 0 Å². The normalized spacial score (nSPS) is 52.8. The van der Waals surface area contributed by atoms with Crippen molar-refractivity contribution in [1.29, 1.82) is 5.41 Å². The molecule has 0 bridgehead atoms. The lowest BCUT2D eigenvalue weighted by atomic mass is 9.43. The van der Waals surface area contributed by atoms with E-state index < -0.39 is 5.60 Å². The third-order valence-corrected chi connectivity index (χ3v) is 8.39. The number of nitrogens with one attached hydrogen (secondary N) is 1. The Morgan fingerprint density at radius 3 is 2.65 bits per heavy atom. The zero-order chi connectivity index (χ0) is 16.6. The van der Waals surface area contributed by atoms with Gasteiger partial charge >= 0.3 is 0 Å². The van der Waals surface area contributed by atoms with Crippen molar-refractivity contribution in [2.24, 2.45) is 28.6 Å². The zero-order valence-electron chi connectivity index (χ0n) is 14.5. The molecule has 126 valence electrons. The van der Waals surface area contributed by atoms with E-state index in [0.717, 1.165) is 50.5 Å². The van der Waals surface area contributed by atoms with Gasteiger partial charge in [0.05, 0.1) is 5.60 Å². The first kappa shape index (κ1) is 15.6. The molecule has 4 aliphatic rings. The summed E-state index contributed by atoms with van der Waals surface area (Å²) in [6, 6.07) is 0. The number of carbonyl (C=O) groups is 1. The van der Waals surface area contributed by atoms with Crippen molar-refractivity contribution in [1.82, 2.24) is 0 Å². The van der Waals surface area contributed by atoms with Crippen LogP contribution in [0.4, 0.5) is 0 Å². The molecule has 0 spiro atoms. The number of fused-ring (bicyclic) bond motifs is 5. The average molecular weight is 315 g/mol. The van der Waals surface area contributed by atoms with Gasteiger partial charge in [0, 0.05) is 29.4 Å². The topological polar surface area (TPSA) is 61.2 Å². The second-order valence-corrected chi connectivity index (χ2v) is 9.16. The van der Waals surface area contributed by atoms with E-state index in [0.29, 0.717) is 35.7 Å². The van der Waals surface area contributed by atoms with Crippen LogP contribution in [0.15, 0.2) is 12.2 Å². The van der Waals surface area contributed by atoms with Crippen LogP contribution in [0.1, 0.15) is 65.2 Å². The highest BCUT2D eigenvalue weighted by atomic mass is 16.3. The summed E-state index contributed by atoms with van der Waals surface area (Å²) in [5.74, 6) is 1.89. The summed E-state index contributed by atoms with van der Waals surface area (Å²) in [5, 5.41) is 19.6. The number of Topliss-reactive ketones (excluding diaryl/α,β-unsaturated/α-hetero) is 1. The molecule has 3 unspecified atom stereocenters. The van der Waals surface area contributed by atoms with Gasteiger partial charge in [-0.25, -0.2) is 0 Å². The van der Waals surface area contributed by atoms with Crippen LogP contribution in [-0.4, -0.2) is 22.2 Å². The Hall–Kier alpha value is -0.960. The largest absolute Gasteiger partial charge is 0.385 e. The third kappa shape index (κ3) is 1.75. The summed E-state index contributed by atoms with van der Waals surface area (Å²) in [5.41, 5.74) is 0.384. The van der Waals surface area contributed by atoms with Gasteiger partial charge in [0.25, 0.3) is 0 Å². The summed E-state index contributed by atoms with van der Waals surface area (Å²) in [6.07, 6.45) is 6.78. The molecule has 0 heterocycles. The van der Waals surface area contributed by atoms with Crippen LogP contribution in [0.3, 0.4) is 0 Å². The smallest absolute Gasteiger partial charge is 0.139 e. The van der Waals surface area contributed by atoms with Crippen molar-refractivity contribution in [3.8, 4) is 0 Å². The highest BCUT2D eigenvalue weighted by molar-refractivity contribution is 5.87. The maximum Gasteiger partial charge on any atom is 0.139 e. The number of carbonyl (C=O) groups excluding carboxylic acids is 1. The molecule has 0 aromatic rings. The van der Waals surface area contributed by atoms with Crippen molar-refractivity contribution < 1.29 is 9.90 Å². The first-order chi connectivity index (χ1) is 10.7. The zero-order valence-corrected chi connectivity index (χ0v) is 14.5. The van der Waals surface area contributed by atoms with Crippen molar-refractivity contribution in [3.05, 3.63) is 12.2 Å². The minimum atomic E-state index is -0.903. The second-order valence-electron chi connectivity index (χ2n) is 9.16. The summed E-state index contributed by atoms with van der Waals surface area (Å²) >= 11 is 0. The predicted molar refractivity (Wildman–Crippen MR) is 90.4 cm³/mol. The van der Waals surface area contributed by atoms with E-state index in [9.17, 15) is 9.90 Å². The predicted octanol–water partition coefficient (Wildman–Crippen LogP) is 3.90. The lowest BCUT2D eigenvalue weighted by Gasteiger charge is -2.63. The second kappa shape index (κ2) is 4.56. The Labute approximate surface area is 139 Å². The van der Waals surface area contributed by atoms with Gasteiger partial charge in [0.2, 0.25) is 0 Å². The van der Waals surface area contributed by atoms with Gasteiger partial charge in [-0.15, -0.1) is 0 Å². The van der Waals surface area contributed by atoms with Gasteiger partial charge in [-0.3, -0.25) is 4.79 Å². The highest BCUT2D eigenvalue weighted by Crippen LogP contribution is 2.67. The summed E-state index contributed by atoms with van der Waals surface area (Å²) < 4.78 is 0. The number of hydrogen-bond donors (Lipinski definition) is 2. The van der Waals surface area contributed by atoms with Gasteiger partial charge < -0.3 is 10.5 Å². The van der Waals surface area contributed by atoms with Crippen LogP contribution in [0.2, 0.25) is 0 Å². The van der Waals surface area contributed by atoms with E-state index in [-0.39, 0.29) is 10.8 Å². The number of hydrogen-bond acceptors (Lipinski definition) is 3. The monoisotopic (exact) mass is 315 g/mol. The van der Waals surface area contributed by atoms with Crippen LogP contribution in [-0.2, 0) is 4.79 Å². The van der Waals surface area contributed by atoms with Crippen molar-refractivity contribution in [3.63, 3.8) is 0 Å². The first-order valence-corrected chi connectivity index (χ1v) is 9.22. The summed E-state index contributed by atoms with van der Waals surface area (Å²) in [7, 11) is 0. The van der Waals surface area contributed by atoms with E-state index in [2.05, 4.69) is 20.4 Å². The molecule has 0 aliphatic heterocycles. The fourth-order valence-corrected chi connectivity index (χ4v) is 6.83. The van der Waals surface area contributed by atoms with Crippen molar-refractivity contribution in [2.45, 2.75) is 70.8 Å². The quantitative estimate of drug-likeness (QED) is 0.666. The van der Waals surface area contributed by atoms with Crippen molar-refractivity contribution in [2.75, 3.05) is 0 Å². The van der Waals surface area contributed by atoms with E-state index >= 15 is 0 Å². The number of ketones is 1.